The van der Waals surface area contributed by atoms with Crippen LogP contribution in [0.1, 0.15) is 0 Å². The van der Waals surface area contributed by atoms with Gasteiger partial charge < -0.3 is 9.64 Å². The predicted molar refractivity (Wildman–Crippen MR) is 120 cm³/mol. The summed E-state index contributed by atoms with van der Waals surface area (Å²) in [5.74, 6) is 0.228. The average Bonchev–Trinajstić information content (AvgIpc) is 3.03. The molecule has 0 atom stereocenters. The Morgan fingerprint density at radius 1 is 1.18 bits per heavy atom. The summed E-state index contributed by atoms with van der Waals surface area (Å²) in [5, 5.41) is 1.52. The molecule has 3 aromatic rings. The summed E-state index contributed by atoms with van der Waals surface area (Å²) in [6.07, 6.45) is 0. The third kappa shape index (κ3) is 5.36. The van der Waals surface area contributed by atoms with Gasteiger partial charge in [0.2, 0.25) is 0 Å². The number of hydrogen-bond acceptors (Lipinski definition) is 5. The number of hydrogen-bond donors (Lipinski definition) is 0. The molecule has 0 bridgehead atoms. The summed E-state index contributed by atoms with van der Waals surface area (Å²) < 4.78 is 7.61. The molecule has 0 unspecified atom stereocenters. The Hall–Kier alpha value is -1.38. The first-order valence-corrected chi connectivity index (χ1v) is 10.8. The molecular formula is C19H18BrCl2N3O2S. The minimum absolute atomic E-state index is 0.144. The van der Waals surface area contributed by atoms with Gasteiger partial charge in [-0.3, -0.25) is 9.69 Å². The van der Waals surface area contributed by atoms with E-state index in [9.17, 15) is 4.79 Å². The normalized spacial score (nSPS) is 11.2. The summed E-state index contributed by atoms with van der Waals surface area (Å²) in [6, 6.07) is 10.8. The highest BCUT2D eigenvalue weighted by atomic mass is 79.9. The molecule has 0 saturated heterocycles. The van der Waals surface area contributed by atoms with Crippen molar-refractivity contribution in [2.45, 2.75) is 0 Å². The number of aromatic nitrogens is 1. The highest BCUT2D eigenvalue weighted by Crippen LogP contribution is 2.31. The van der Waals surface area contributed by atoms with Crippen LogP contribution in [-0.2, 0) is 4.79 Å². The molecule has 0 spiro atoms. The second-order valence-corrected chi connectivity index (χ2v) is 9.09. The van der Waals surface area contributed by atoms with Crippen LogP contribution in [0, 0.1) is 0 Å². The maximum absolute atomic E-state index is 12.9. The Kier molecular flexibility index (Phi) is 7.17. The van der Waals surface area contributed by atoms with Gasteiger partial charge in [0, 0.05) is 22.6 Å². The smallest absolute Gasteiger partial charge is 0.266 e. The number of amides is 1. The number of carbonyl (C=O) groups excluding carboxylic acids is 1. The summed E-state index contributed by atoms with van der Waals surface area (Å²) in [4.78, 5) is 21.2. The summed E-state index contributed by atoms with van der Waals surface area (Å²) in [7, 11) is 3.92. The van der Waals surface area contributed by atoms with E-state index in [2.05, 4.69) is 20.9 Å². The number of likely N-dealkylation sites (N-methyl/N-ethyl adjacent to an activating group) is 1. The number of anilines is 1. The molecule has 0 radical (unpaired) electrons. The van der Waals surface area contributed by atoms with Gasteiger partial charge in [0.05, 0.1) is 15.2 Å². The monoisotopic (exact) mass is 501 g/mol. The molecule has 9 heteroatoms. The van der Waals surface area contributed by atoms with Crippen molar-refractivity contribution in [2.75, 3.05) is 38.7 Å². The molecule has 2 aromatic carbocycles. The van der Waals surface area contributed by atoms with E-state index in [-0.39, 0.29) is 12.5 Å². The van der Waals surface area contributed by atoms with E-state index in [1.807, 2.05) is 37.2 Å². The minimum Gasteiger partial charge on any atom is -0.482 e. The summed E-state index contributed by atoms with van der Waals surface area (Å²) in [6.45, 7) is 1.06. The van der Waals surface area contributed by atoms with Gasteiger partial charge in [0.15, 0.2) is 11.7 Å². The topological polar surface area (TPSA) is 45.7 Å². The molecule has 0 N–H and O–H groups in total. The Bertz CT molecular complexity index is 996. The van der Waals surface area contributed by atoms with Gasteiger partial charge in [0.1, 0.15) is 5.75 Å². The number of carbonyl (C=O) groups is 1. The molecule has 1 amide bonds. The fourth-order valence-electron chi connectivity index (χ4n) is 2.44. The van der Waals surface area contributed by atoms with Crippen molar-refractivity contribution in [3.63, 3.8) is 0 Å². The van der Waals surface area contributed by atoms with E-state index >= 15 is 0 Å². The number of ether oxygens (including phenoxy) is 1. The van der Waals surface area contributed by atoms with Gasteiger partial charge in [-0.1, -0.05) is 50.5 Å². The first-order chi connectivity index (χ1) is 13.3. The van der Waals surface area contributed by atoms with Crippen LogP contribution < -0.4 is 9.64 Å². The van der Waals surface area contributed by atoms with Crippen molar-refractivity contribution >= 4 is 71.7 Å². The zero-order valence-electron chi connectivity index (χ0n) is 15.3. The minimum atomic E-state index is -0.189. The molecule has 0 fully saturated rings. The maximum atomic E-state index is 12.9. The lowest BCUT2D eigenvalue weighted by Crippen LogP contribution is -2.39. The van der Waals surface area contributed by atoms with Gasteiger partial charge in [-0.2, -0.15) is 0 Å². The van der Waals surface area contributed by atoms with Crippen LogP contribution in [0.3, 0.4) is 0 Å². The lowest BCUT2D eigenvalue weighted by molar-refractivity contribution is -0.120. The first-order valence-electron chi connectivity index (χ1n) is 8.42. The molecule has 5 nitrogen and oxygen atoms in total. The van der Waals surface area contributed by atoms with Crippen molar-refractivity contribution < 1.29 is 9.53 Å². The van der Waals surface area contributed by atoms with Gasteiger partial charge in [-0.25, -0.2) is 4.98 Å². The van der Waals surface area contributed by atoms with E-state index in [1.54, 1.807) is 23.1 Å². The van der Waals surface area contributed by atoms with Gasteiger partial charge >= 0.3 is 0 Å². The lowest BCUT2D eigenvalue weighted by atomic mass is 10.3. The lowest BCUT2D eigenvalue weighted by Gasteiger charge is -2.22. The number of halogens is 3. The predicted octanol–water partition coefficient (Wildman–Crippen LogP) is 5.34. The number of rotatable bonds is 7. The quantitative estimate of drug-likeness (QED) is 0.437. The van der Waals surface area contributed by atoms with Crippen LogP contribution in [0.25, 0.3) is 10.2 Å². The van der Waals surface area contributed by atoms with E-state index in [0.29, 0.717) is 34.0 Å². The van der Waals surface area contributed by atoms with Crippen LogP contribution >= 0.6 is 50.5 Å². The van der Waals surface area contributed by atoms with Crippen LogP contribution in [0.15, 0.2) is 40.9 Å². The van der Waals surface area contributed by atoms with E-state index in [1.165, 1.54) is 11.3 Å². The highest BCUT2D eigenvalue weighted by molar-refractivity contribution is 9.10. The summed E-state index contributed by atoms with van der Waals surface area (Å²) in [5.41, 5.74) is 0.854. The molecular weight excluding hydrogens is 485 g/mol. The van der Waals surface area contributed by atoms with Crippen molar-refractivity contribution in [3.8, 4) is 5.75 Å². The van der Waals surface area contributed by atoms with E-state index in [4.69, 9.17) is 27.9 Å². The highest BCUT2D eigenvalue weighted by Gasteiger charge is 2.21. The SMILES string of the molecule is CN(C)CCN(C(=O)COc1ccc(Cl)cc1Cl)c1nc2ccc(Br)cc2s1. The largest absolute Gasteiger partial charge is 0.482 e. The van der Waals surface area contributed by atoms with Crippen molar-refractivity contribution in [2.24, 2.45) is 0 Å². The number of nitrogens with zero attached hydrogens (tertiary/aromatic N) is 3. The molecule has 148 valence electrons. The van der Waals surface area contributed by atoms with Crippen molar-refractivity contribution in [3.05, 3.63) is 50.9 Å². The zero-order chi connectivity index (χ0) is 20.3. The van der Waals surface area contributed by atoms with Crippen LogP contribution in [-0.4, -0.2) is 49.6 Å². The van der Waals surface area contributed by atoms with Crippen molar-refractivity contribution in [1.82, 2.24) is 9.88 Å². The Morgan fingerprint density at radius 3 is 2.68 bits per heavy atom. The third-order valence-electron chi connectivity index (χ3n) is 3.89. The average molecular weight is 503 g/mol. The van der Waals surface area contributed by atoms with Crippen LogP contribution in [0.4, 0.5) is 5.13 Å². The maximum Gasteiger partial charge on any atom is 0.266 e. The molecule has 1 heterocycles. The number of thiazole rings is 1. The Labute approximate surface area is 185 Å². The fourth-order valence-corrected chi connectivity index (χ4v) is 4.46. The second kappa shape index (κ2) is 9.41. The summed E-state index contributed by atoms with van der Waals surface area (Å²) >= 11 is 17.0. The van der Waals surface area contributed by atoms with Crippen molar-refractivity contribution in [1.29, 1.82) is 0 Å². The third-order valence-corrected chi connectivity index (χ3v) is 5.95. The second-order valence-electron chi connectivity index (χ2n) is 6.32. The molecule has 3 rings (SSSR count). The number of fused-ring (bicyclic) bond motifs is 1. The molecule has 0 aliphatic rings. The van der Waals surface area contributed by atoms with Gasteiger partial charge in [-0.05, 0) is 50.5 Å². The molecule has 0 aliphatic heterocycles. The Morgan fingerprint density at radius 2 is 1.96 bits per heavy atom. The zero-order valence-corrected chi connectivity index (χ0v) is 19.2. The first kappa shape index (κ1) is 21.3. The van der Waals surface area contributed by atoms with E-state index in [0.717, 1.165) is 14.7 Å². The van der Waals surface area contributed by atoms with Crippen LogP contribution in [0.5, 0.6) is 5.75 Å². The van der Waals surface area contributed by atoms with Gasteiger partial charge in [0.25, 0.3) is 5.91 Å². The molecule has 0 aliphatic carbocycles. The van der Waals surface area contributed by atoms with Crippen LogP contribution in [0.2, 0.25) is 10.0 Å². The molecule has 0 saturated carbocycles. The standard InChI is InChI=1S/C19H18BrCl2N3O2S/c1-24(2)7-8-25(19-23-15-5-3-12(20)9-17(15)28-19)18(26)11-27-16-6-4-13(21)10-14(16)22/h3-6,9-10H,7-8,11H2,1-2H3. The number of benzene rings is 2. The molecule has 28 heavy (non-hydrogen) atoms. The van der Waals surface area contributed by atoms with E-state index < -0.39 is 0 Å². The fraction of sp³-hybridized carbons (Fsp3) is 0.263. The Balaban J connectivity index is 1.80. The molecule has 1 aromatic heterocycles. The van der Waals surface area contributed by atoms with Gasteiger partial charge in [-0.15, -0.1) is 0 Å².